The fourth-order valence-electron chi connectivity index (χ4n) is 1.93. The molecule has 1 aromatic carbocycles. The summed E-state index contributed by atoms with van der Waals surface area (Å²) in [6, 6.07) is 9.45. The average Bonchev–Trinajstić information content (AvgIpc) is 2.80. The van der Waals surface area contributed by atoms with Crippen LogP contribution in [-0.2, 0) is 4.79 Å². The number of halogens is 1. The van der Waals surface area contributed by atoms with E-state index in [9.17, 15) is 4.79 Å². The van der Waals surface area contributed by atoms with Crippen molar-refractivity contribution in [3.05, 3.63) is 40.4 Å². The third-order valence-electron chi connectivity index (χ3n) is 2.73. The van der Waals surface area contributed by atoms with Gasteiger partial charge in [0.05, 0.1) is 14.0 Å². The molecule has 0 bridgehead atoms. The third-order valence-corrected chi connectivity index (χ3v) is 4.36. The number of carbonyl (C=O) groups excluding carboxylic acids is 1. The monoisotopic (exact) mass is 362 g/mol. The van der Waals surface area contributed by atoms with Crippen molar-refractivity contribution in [3.63, 3.8) is 0 Å². The zero-order valence-electron chi connectivity index (χ0n) is 11.1. The van der Waals surface area contributed by atoms with Gasteiger partial charge in [0.15, 0.2) is 5.82 Å². The van der Waals surface area contributed by atoms with Crippen molar-refractivity contribution in [2.75, 3.05) is 10.6 Å². The first-order valence-electron chi connectivity index (χ1n) is 6.16. The summed E-state index contributed by atoms with van der Waals surface area (Å²) in [4.78, 5) is 19.6. The molecule has 0 unspecified atom stereocenters. The minimum atomic E-state index is -0.0984. The number of anilines is 3. The van der Waals surface area contributed by atoms with Gasteiger partial charge in [-0.15, -0.1) is 11.3 Å². The van der Waals surface area contributed by atoms with Crippen LogP contribution < -0.4 is 10.6 Å². The van der Waals surface area contributed by atoms with Crippen LogP contribution in [0.25, 0.3) is 10.2 Å². The van der Waals surface area contributed by atoms with Crippen LogP contribution in [-0.4, -0.2) is 15.9 Å². The van der Waals surface area contributed by atoms with E-state index in [1.165, 1.54) is 13.3 Å². The number of fused-ring (bicyclic) bond motifs is 1. The maximum atomic E-state index is 11.1. The number of nitrogens with zero attached hydrogens (tertiary/aromatic N) is 2. The second-order valence-corrected chi connectivity index (χ2v) is 6.81. The summed E-state index contributed by atoms with van der Waals surface area (Å²) in [5, 5.41) is 6.02. The van der Waals surface area contributed by atoms with E-state index in [-0.39, 0.29) is 5.91 Å². The normalized spacial score (nSPS) is 10.6. The molecule has 3 aromatic rings. The molecule has 2 aromatic heterocycles. The van der Waals surface area contributed by atoms with Gasteiger partial charge in [0.2, 0.25) is 5.91 Å². The number of benzene rings is 1. The molecule has 0 saturated heterocycles. The molecule has 0 atom stereocenters. The molecule has 2 heterocycles. The summed E-state index contributed by atoms with van der Waals surface area (Å²) in [5.74, 6) is 0.648. The van der Waals surface area contributed by atoms with Crippen LogP contribution in [0.2, 0.25) is 0 Å². The maximum Gasteiger partial charge on any atom is 0.221 e. The van der Waals surface area contributed by atoms with E-state index in [0.717, 1.165) is 31.2 Å². The second kappa shape index (κ2) is 5.79. The van der Waals surface area contributed by atoms with E-state index >= 15 is 0 Å². The lowest BCUT2D eigenvalue weighted by Crippen LogP contribution is -2.05. The van der Waals surface area contributed by atoms with Gasteiger partial charge >= 0.3 is 0 Å². The Morgan fingerprint density at radius 2 is 2.05 bits per heavy atom. The lowest BCUT2D eigenvalue weighted by atomic mass is 10.2. The molecule has 0 aliphatic carbocycles. The van der Waals surface area contributed by atoms with Crippen LogP contribution >= 0.6 is 27.3 Å². The van der Waals surface area contributed by atoms with E-state index in [1.807, 2.05) is 30.3 Å². The van der Waals surface area contributed by atoms with Gasteiger partial charge in [0.25, 0.3) is 0 Å². The van der Waals surface area contributed by atoms with Crippen LogP contribution in [0, 0.1) is 0 Å². The Morgan fingerprint density at radius 3 is 2.86 bits per heavy atom. The largest absolute Gasteiger partial charge is 0.339 e. The Morgan fingerprint density at radius 1 is 1.24 bits per heavy atom. The van der Waals surface area contributed by atoms with E-state index in [4.69, 9.17) is 0 Å². The number of hydrogen-bond donors (Lipinski definition) is 2. The smallest absolute Gasteiger partial charge is 0.221 e. The van der Waals surface area contributed by atoms with Crippen molar-refractivity contribution < 1.29 is 4.79 Å². The fourth-order valence-corrected chi connectivity index (χ4v) is 3.41. The quantitative estimate of drug-likeness (QED) is 0.734. The minimum Gasteiger partial charge on any atom is -0.339 e. The number of amides is 1. The highest BCUT2D eigenvalue weighted by Crippen LogP contribution is 2.33. The molecule has 0 spiro atoms. The first-order valence-corrected chi connectivity index (χ1v) is 7.77. The molecule has 0 aliphatic heterocycles. The van der Waals surface area contributed by atoms with Crippen molar-refractivity contribution in [3.8, 4) is 0 Å². The minimum absolute atomic E-state index is 0.0984. The highest BCUT2D eigenvalue weighted by molar-refractivity contribution is 9.11. The summed E-state index contributed by atoms with van der Waals surface area (Å²) in [5.41, 5.74) is 2.48. The van der Waals surface area contributed by atoms with E-state index < -0.39 is 0 Å². The summed E-state index contributed by atoms with van der Waals surface area (Å²) < 4.78 is 1.99. The Balaban J connectivity index is 1.93. The van der Waals surface area contributed by atoms with Crippen molar-refractivity contribution in [2.24, 2.45) is 0 Å². The number of nitrogens with one attached hydrogen (secondary N) is 2. The highest BCUT2D eigenvalue weighted by Gasteiger charge is 2.08. The topological polar surface area (TPSA) is 66.9 Å². The van der Waals surface area contributed by atoms with Crippen LogP contribution in [0.15, 0.2) is 40.4 Å². The van der Waals surface area contributed by atoms with Crippen LogP contribution in [0.1, 0.15) is 6.92 Å². The van der Waals surface area contributed by atoms with Gasteiger partial charge in [-0.05, 0) is 40.2 Å². The lowest BCUT2D eigenvalue weighted by Gasteiger charge is -2.08. The lowest BCUT2D eigenvalue weighted by molar-refractivity contribution is -0.114. The number of carbonyl (C=O) groups is 1. The molecule has 0 radical (unpaired) electrons. The zero-order chi connectivity index (χ0) is 14.8. The van der Waals surface area contributed by atoms with E-state index in [0.29, 0.717) is 0 Å². The number of rotatable bonds is 3. The van der Waals surface area contributed by atoms with Crippen molar-refractivity contribution >= 4 is 60.6 Å². The standard InChI is InChI=1S/C14H11BrN4OS/c1-8(20)18-9-3-2-4-10(5-9)19-14-13-11(16-7-17-14)6-12(15)21-13/h2-7H,1H3,(H,18,20)(H,16,17,19). The Kier molecular flexibility index (Phi) is 3.85. The second-order valence-electron chi connectivity index (χ2n) is 4.37. The summed E-state index contributed by atoms with van der Waals surface area (Å²) in [7, 11) is 0. The van der Waals surface area contributed by atoms with Gasteiger partial charge in [-0.25, -0.2) is 9.97 Å². The fraction of sp³-hybridized carbons (Fsp3) is 0.0714. The third kappa shape index (κ3) is 3.20. The first kappa shape index (κ1) is 14.0. The van der Waals surface area contributed by atoms with Crippen LogP contribution in [0.5, 0.6) is 0 Å². The number of thiophene rings is 1. The first-order chi connectivity index (χ1) is 10.1. The predicted molar refractivity (Wildman–Crippen MR) is 89.1 cm³/mol. The molecule has 0 fully saturated rings. The van der Waals surface area contributed by atoms with Gasteiger partial charge in [-0.2, -0.15) is 0 Å². The number of hydrogen-bond acceptors (Lipinski definition) is 5. The highest BCUT2D eigenvalue weighted by atomic mass is 79.9. The zero-order valence-corrected chi connectivity index (χ0v) is 13.5. The maximum absolute atomic E-state index is 11.1. The Bertz CT molecular complexity index is 818. The van der Waals surface area contributed by atoms with E-state index in [1.54, 1.807) is 11.3 Å². The van der Waals surface area contributed by atoms with E-state index in [2.05, 4.69) is 36.5 Å². The molecule has 7 heteroatoms. The molecule has 0 saturated carbocycles. The van der Waals surface area contributed by atoms with Crippen molar-refractivity contribution in [1.82, 2.24) is 9.97 Å². The van der Waals surface area contributed by atoms with Gasteiger partial charge < -0.3 is 10.6 Å². The SMILES string of the molecule is CC(=O)Nc1cccc(Nc2ncnc3cc(Br)sc23)c1. The molecule has 0 aliphatic rings. The molecule has 106 valence electrons. The van der Waals surface area contributed by atoms with Gasteiger partial charge in [0.1, 0.15) is 6.33 Å². The Hall–Kier alpha value is -1.99. The average molecular weight is 363 g/mol. The molecular weight excluding hydrogens is 352 g/mol. The van der Waals surface area contributed by atoms with Crippen LogP contribution in [0.4, 0.5) is 17.2 Å². The molecule has 3 rings (SSSR count). The predicted octanol–water partition coefficient (Wildman–Crippen LogP) is 4.16. The Labute approximate surface area is 133 Å². The van der Waals surface area contributed by atoms with Crippen molar-refractivity contribution in [1.29, 1.82) is 0 Å². The summed E-state index contributed by atoms with van der Waals surface area (Å²) >= 11 is 5.03. The molecule has 1 amide bonds. The molecule has 2 N–H and O–H groups in total. The van der Waals surface area contributed by atoms with Gasteiger partial charge in [0, 0.05) is 18.3 Å². The molecule has 21 heavy (non-hydrogen) atoms. The molecular formula is C14H11BrN4OS. The van der Waals surface area contributed by atoms with Gasteiger partial charge in [-0.3, -0.25) is 4.79 Å². The number of aromatic nitrogens is 2. The van der Waals surface area contributed by atoms with Gasteiger partial charge in [-0.1, -0.05) is 6.07 Å². The van der Waals surface area contributed by atoms with Crippen LogP contribution in [0.3, 0.4) is 0 Å². The molecule has 5 nitrogen and oxygen atoms in total. The summed E-state index contributed by atoms with van der Waals surface area (Å²) in [6.45, 7) is 1.48. The van der Waals surface area contributed by atoms with Crippen molar-refractivity contribution in [2.45, 2.75) is 6.92 Å². The summed E-state index contributed by atoms with van der Waals surface area (Å²) in [6.07, 6.45) is 1.53.